The zero-order valence-corrected chi connectivity index (χ0v) is 26.8. The molecule has 0 amide bonds. The summed E-state index contributed by atoms with van der Waals surface area (Å²) in [6, 6.07) is 20.0. The van der Waals surface area contributed by atoms with Gasteiger partial charge in [-0.1, -0.05) is 47.7 Å². The van der Waals surface area contributed by atoms with Gasteiger partial charge in [0.1, 0.15) is 24.7 Å². The van der Waals surface area contributed by atoms with Crippen LogP contribution in [0.3, 0.4) is 0 Å². The van der Waals surface area contributed by atoms with E-state index in [2.05, 4.69) is 4.99 Å². The number of carbonyl (C=O) groups is 1. The fourth-order valence-electron chi connectivity index (χ4n) is 5.07. The molecule has 1 aliphatic heterocycles. The first-order chi connectivity index (χ1) is 21.8. The first-order valence-corrected chi connectivity index (χ1v) is 15.6. The molecule has 45 heavy (non-hydrogen) atoms. The summed E-state index contributed by atoms with van der Waals surface area (Å²) in [6.07, 6.45) is 1.80. The molecule has 1 atom stereocenters. The van der Waals surface area contributed by atoms with Gasteiger partial charge in [0, 0.05) is 0 Å². The molecule has 0 N–H and O–H groups in total. The number of carbonyl (C=O) groups excluding carboxylic acids is 1. The van der Waals surface area contributed by atoms with Gasteiger partial charge >= 0.3 is 5.97 Å². The highest BCUT2D eigenvalue weighted by Crippen LogP contribution is 2.32. The quantitative estimate of drug-likeness (QED) is 0.161. The van der Waals surface area contributed by atoms with Crippen LogP contribution in [0.25, 0.3) is 6.08 Å². The molecule has 1 aliphatic rings. The molecule has 9 nitrogen and oxygen atoms in total. The van der Waals surface area contributed by atoms with Gasteiger partial charge in [-0.05, 0) is 80.8 Å². The third kappa shape index (κ3) is 6.96. The number of aromatic nitrogens is 1. The topological polar surface area (TPSA) is 97.6 Å². The average Bonchev–Trinajstić information content (AvgIpc) is 3.34. The average molecular weight is 629 g/mol. The second-order valence-corrected chi connectivity index (χ2v) is 11.2. The van der Waals surface area contributed by atoms with Crippen molar-refractivity contribution in [2.45, 2.75) is 33.7 Å². The van der Waals surface area contributed by atoms with Crippen LogP contribution < -0.4 is 33.8 Å². The molecule has 0 saturated carbocycles. The van der Waals surface area contributed by atoms with Crippen molar-refractivity contribution in [3.63, 3.8) is 0 Å². The molecule has 2 heterocycles. The van der Waals surface area contributed by atoms with E-state index in [-0.39, 0.29) is 12.2 Å². The molecule has 4 aromatic rings. The molecule has 0 aliphatic carbocycles. The van der Waals surface area contributed by atoms with Crippen LogP contribution in [0.4, 0.5) is 0 Å². The minimum atomic E-state index is -0.704. The number of fused-ring (bicyclic) bond motifs is 1. The summed E-state index contributed by atoms with van der Waals surface area (Å²) in [5.41, 5.74) is 3.13. The molecule has 5 rings (SSSR count). The molecule has 0 fully saturated rings. The van der Waals surface area contributed by atoms with E-state index in [1.54, 1.807) is 43.7 Å². The summed E-state index contributed by atoms with van der Waals surface area (Å²) in [4.78, 5) is 32.2. The number of esters is 1. The van der Waals surface area contributed by atoms with E-state index in [1.807, 2.05) is 68.4 Å². The Balaban J connectivity index is 1.46. The fourth-order valence-corrected chi connectivity index (χ4v) is 6.11. The highest BCUT2D eigenvalue weighted by atomic mass is 32.1. The third-order valence-corrected chi connectivity index (χ3v) is 8.19. The first-order valence-electron chi connectivity index (χ1n) is 14.8. The number of rotatable bonds is 12. The van der Waals surface area contributed by atoms with Crippen LogP contribution >= 0.6 is 11.3 Å². The van der Waals surface area contributed by atoms with Crippen molar-refractivity contribution in [2.75, 3.05) is 33.5 Å². The highest BCUT2D eigenvalue weighted by molar-refractivity contribution is 7.07. The predicted molar refractivity (Wildman–Crippen MR) is 173 cm³/mol. The van der Waals surface area contributed by atoms with E-state index < -0.39 is 12.0 Å². The van der Waals surface area contributed by atoms with Crippen molar-refractivity contribution in [3.05, 3.63) is 114 Å². The highest BCUT2D eigenvalue weighted by Gasteiger charge is 2.33. The largest absolute Gasteiger partial charge is 0.497 e. The monoisotopic (exact) mass is 628 g/mol. The molecule has 0 radical (unpaired) electrons. The van der Waals surface area contributed by atoms with Gasteiger partial charge in [-0.2, -0.15) is 0 Å². The molecule has 234 valence electrons. The van der Waals surface area contributed by atoms with Crippen LogP contribution in [0, 0.1) is 6.92 Å². The van der Waals surface area contributed by atoms with Crippen LogP contribution in [0.1, 0.15) is 43.5 Å². The Morgan fingerprint density at radius 2 is 1.64 bits per heavy atom. The molecule has 10 heteroatoms. The summed E-state index contributed by atoms with van der Waals surface area (Å²) in [5, 5.41) is 0. The van der Waals surface area contributed by atoms with Gasteiger partial charge in [0.25, 0.3) is 5.56 Å². The van der Waals surface area contributed by atoms with E-state index in [0.717, 1.165) is 22.4 Å². The van der Waals surface area contributed by atoms with Crippen molar-refractivity contribution < 1.29 is 28.5 Å². The normalized spacial score (nSPS) is 14.4. The summed E-state index contributed by atoms with van der Waals surface area (Å²) in [7, 11) is 1.59. The Bertz CT molecular complexity index is 1890. The van der Waals surface area contributed by atoms with Gasteiger partial charge in [-0.25, -0.2) is 9.79 Å². The number of para-hydroxylation sites is 1. The first kappa shape index (κ1) is 31.6. The number of allylic oxidation sites excluding steroid dienone is 1. The summed E-state index contributed by atoms with van der Waals surface area (Å²) >= 11 is 1.26. The van der Waals surface area contributed by atoms with Crippen molar-refractivity contribution in [3.8, 4) is 23.0 Å². The predicted octanol–water partition coefficient (Wildman–Crippen LogP) is 4.97. The smallest absolute Gasteiger partial charge is 0.338 e. The molecule has 3 aromatic carbocycles. The van der Waals surface area contributed by atoms with Crippen molar-refractivity contribution in [1.29, 1.82) is 0 Å². The lowest BCUT2D eigenvalue weighted by molar-refractivity contribution is -0.139. The molecule has 0 spiro atoms. The number of benzene rings is 3. The molecule has 0 saturated heterocycles. The molecular weight excluding hydrogens is 592 g/mol. The zero-order chi connectivity index (χ0) is 31.9. The number of nitrogens with zero attached hydrogens (tertiary/aromatic N) is 2. The second kappa shape index (κ2) is 14.3. The molecule has 0 unspecified atom stereocenters. The number of thiazole rings is 1. The zero-order valence-electron chi connectivity index (χ0n) is 26.0. The Morgan fingerprint density at radius 3 is 2.33 bits per heavy atom. The summed E-state index contributed by atoms with van der Waals surface area (Å²) < 4.78 is 30.5. The van der Waals surface area contributed by atoms with Gasteiger partial charge in [0.05, 0.1) is 42.2 Å². The lowest BCUT2D eigenvalue weighted by Crippen LogP contribution is -2.39. The molecular formula is C35H36N2O7S. The number of aryl methyl sites for hydroxylation is 1. The SMILES string of the molecule is CCOC(=O)C1=C(C)N=c2s/c(=C\c3ccc(OCCOc4ccccc4C)c(OCC)c3)c(=O)n2[C@H]1c1ccc(OC)cc1. The maximum Gasteiger partial charge on any atom is 0.338 e. The number of hydrogen-bond acceptors (Lipinski definition) is 9. The maximum absolute atomic E-state index is 14.0. The minimum absolute atomic E-state index is 0.205. The molecule has 1 aromatic heterocycles. The van der Waals surface area contributed by atoms with Gasteiger partial charge < -0.3 is 23.7 Å². The Kier molecular flexibility index (Phi) is 10.0. The van der Waals surface area contributed by atoms with E-state index >= 15 is 0 Å². The van der Waals surface area contributed by atoms with E-state index in [9.17, 15) is 9.59 Å². The lowest BCUT2D eigenvalue weighted by Gasteiger charge is -2.24. The van der Waals surface area contributed by atoms with Crippen LogP contribution in [0.2, 0.25) is 0 Å². The maximum atomic E-state index is 14.0. The van der Waals surface area contributed by atoms with Gasteiger partial charge in [-0.15, -0.1) is 0 Å². The minimum Gasteiger partial charge on any atom is -0.497 e. The van der Waals surface area contributed by atoms with Gasteiger partial charge in [0.2, 0.25) is 0 Å². The van der Waals surface area contributed by atoms with Crippen molar-refractivity contribution in [1.82, 2.24) is 4.57 Å². The van der Waals surface area contributed by atoms with Crippen molar-refractivity contribution >= 4 is 23.4 Å². The summed E-state index contributed by atoms with van der Waals surface area (Å²) in [5.74, 6) is 2.13. The number of hydrogen-bond donors (Lipinski definition) is 0. The van der Waals surface area contributed by atoms with Crippen molar-refractivity contribution in [2.24, 2.45) is 4.99 Å². The Hall–Kier alpha value is -4.83. The number of methoxy groups -OCH3 is 1. The fraction of sp³-hybridized carbons (Fsp3) is 0.286. The lowest BCUT2D eigenvalue weighted by atomic mass is 9.96. The van der Waals surface area contributed by atoms with Gasteiger partial charge in [-0.3, -0.25) is 9.36 Å². The second-order valence-electron chi connectivity index (χ2n) is 10.2. The van der Waals surface area contributed by atoms with Crippen LogP contribution in [-0.4, -0.2) is 44.1 Å². The van der Waals surface area contributed by atoms with Crippen LogP contribution in [0.15, 0.2) is 87.8 Å². The number of ether oxygens (including phenoxy) is 5. The Labute approximate surface area is 265 Å². The molecule has 0 bridgehead atoms. The third-order valence-electron chi connectivity index (χ3n) is 7.21. The van der Waals surface area contributed by atoms with E-state index in [4.69, 9.17) is 23.7 Å². The van der Waals surface area contributed by atoms with Gasteiger partial charge in [0.15, 0.2) is 16.3 Å². The van der Waals surface area contributed by atoms with E-state index in [0.29, 0.717) is 57.7 Å². The summed E-state index contributed by atoms with van der Waals surface area (Å²) in [6.45, 7) is 8.77. The Morgan fingerprint density at radius 1 is 0.911 bits per heavy atom. The van der Waals surface area contributed by atoms with E-state index in [1.165, 1.54) is 11.3 Å². The standard InChI is InChI=1S/C35H36N2O7S/c1-6-41-29-20-24(12-17-28(29)44-19-18-43-27-11-9-8-10-22(27)3)21-30-33(38)37-32(25-13-15-26(40-5)16-14-25)31(34(39)42-7-2)23(4)36-35(37)45-30/h8-17,20-21,32H,6-7,18-19H2,1-5H3/b30-21-/t32-/m0/s1. The van der Waals surface area contributed by atoms with Crippen LogP contribution in [0.5, 0.6) is 23.0 Å². The van der Waals surface area contributed by atoms with Crippen LogP contribution in [-0.2, 0) is 9.53 Å².